The highest BCUT2D eigenvalue weighted by molar-refractivity contribution is 6.46. The third-order valence-corrected chi connectivity index (χ3v) is 5.48. The standard InChI is InChI=1S/C23H25ClN2O5/c1-25(2)11-12-26-20(14-5-8-16(30-3)9-6-14)19(22(28)23(26)29)21(27)15-7-10-18(31-4)17(24)13-15/h5-10,13,20,27H,11-12H2,1-4H3/b21-19+/t20-/m1/s1. The average Bonchev–Trinajstić information content (AvgIpc) is 3.01. The second-order valence-corrected chi connectivity index (χ2v) is 7.83. The van der Waals surface area contributed by atoms with E-state index in [2.05, 4.69) is 0 Å². The molecule has 31 heavy (non-hydrogen) atoms. The summed E-state index contributed by atoms with van der Waals surface area (Å²) in [6.07, 6.45) is 0. The lowest BCUT2D eigenvalue weighted by molar-refractivity contribution is -0.140. The van der Waals surface area contributed by atoms with E-state index in [4.69, 9.17) is 21.1 Å². The molecule has 0 radical (unpaired) electrons. The number of rotatable bonds is 7. The molecule has 3 rings (SSSR count). The van der Waals surface area contributed by atoms with Gasteiger partial charge in [-0.25, -0.2) is 0 Å². The van der Waals surface area contributed by atoms with Gasteiger partial charge in [0.2, 0.25) is 0 Å². The Morgan fingerprint density at radius 2 is 1.77 bits per heavy atom. The van der Waals surface area contributed by atoms with Crippen LogP contribution in [-0.2, 0) is 9.59 Å². The molecule has 164 valence electrons. The minimum atomic E-state index is -0.732. The normalized spacial score (nSPS) is 18.0. The number of Topliss-reactive ketones (excluding diaryl/α,β-unsaturated/α-hetero) is 1. The van der Waals surface area contributed by atoms with E-state index in [1.165, 1.54) is 18.1 Å². The van der Waals surface area contributed by atoms with Crippen LogP contribution in [0.4, 0.5) is 0 Å². The summed E-state index contributed by atoms with van der Waals surface area (Å²) in [4.78, 5) is 29.3. The SMILES string of the molecule is COc1ccc([C@@H]2/C(=C(\O)c3ccc(OC)c(Cl)c3)C(=O)C(=O)N2CCN(C)C)cc1. The van der Waals surface area contributed by atoms with Crippen molar-refractivity contribution in [3.05, 3.63) is 64.2 Å². The Labute approximate surface area is 186 Å². The molecule has 1 atom stereocenters. The Balaban J connectivity index is 2.14. The van der Waals surface area contributed by atoms with Crippen LogP contribution in [0.15, 0.2) is 48.0 Å². The van der Waals surface area contributed by atoms with Gasteiger partial charge in [-0.15, -0.1) is 0 Å². The van der Waals surface area contributed by atoms with Crippen LogP contribution < -0.4 is 9.47 Å². The minimum absolute atomic E-state index is 0.0233. The van der Waals surface area contributed by atoms with E-state index in [0.717, 1.165) is 0 Å². The largest absolute Gasteiger partial charge is 0.507 e. The molecule has 1 saturated heterocycles. The van der Waals surface area contributed by atoms with E-state index >= 15 is 0 Å². The highest BCUT2D eigenvalue weighted by atomic mass is 35.5. The number of halogens is 1. The first-order chi connectivity index (χ1) is 14.8. The van der Waals surface area contributed by atoms with Gasteiger partial charge in [-0.2, -0.15) is 0 Å². The van der Waals surface area contributed by atoms with Crippen LogP contribution >= 0.6 is 11.6 Å². The molecule has 8 heteroatoms. The molecular weight excluding hydrogens is 420 g/mol. The molecular formula is C23H25ClN2O5. The number of carbonyl (C=O) groups excluding carboxylic acids is 2. The fourth-order valence-electron chi connectivity index (χ4n) is 3.52. The van der Waals surface area contributed by atoms with E-state index in [1.807, 2.05) is 19.0 Å². The maximum absolute atomic E-state index is 13.0. The van der Waals surface area contributed by atoms with Crippen LogP contribution in [0.3, 0.4) is 0 Å². The number of aliphatic hydroxyl groups excluding tert-OH is 1. The van der Waals surface area contributed by atoms with Crippen LogP contribution in [0.2, 0.25) is 5.02 Å². The maximum atomic E-state index is 13.0. The highest BCUT2D eigenvalue weighted by Gasteiger charge is 2.45. The van der Waals surface area contributed by atoms with Gasteiger partial charge < -0.3 is 24.4 Å². The first-order valence-electron chi connectivity index (χ1n) is 9.69. The summed E-state index contributed by atoms with van der Waals surface area (Å²) in [5.41, 5.74) is 1.05. The number of likely N-dealkylation sites (tertiary alicyclic amines) is 1. The van der Waals surface area contributed by atoms with Gasteiger partial charge in [0.15, 0.2) is 0 Å². The van der Waals surface area contributed by atoms with Crippen LogP contribution in [0, 0.1) is 0 Å². The van der Waals surface area contributed by atoms with Gasteiger partial charge in [0.1, 0.15) is 17.3 Å². The number of likely N-dealkylation sites (N-methyl/N-ethyl adjacent to an activating group) is 1. The molecule has 0 saturated carbocycles. The fraction of sp³-hybridized carbons (Fsp3) is 0.304. The molecule has 1 N–H and O–H groups in total. The first-order valence-corrected chi connectivity index (χ1v) is 10.1. The summed E-state index contributed by atoms with van der Waals surface area (Å²) in [5, 5.41) is 11.4. The molecule has 7 nitrogen and oxygen atoms in total. The summed E-state index contributed by atoms with van der Waals surface area (Å²) in [7, 11) is 6.82. The Morgan fingerprint density at radius 3 is 2.32 bits per heavy atom. The number of hydrogen-bond donors (Lipinski definition) is 1. The lowest BCUT2D eigenvalue weighted by Gasteiger charge is -2.26. The van der Waals surface area contributed by atoms with E-state index in [1.54, 1.807) is 43.5 Å². The third-order valence-electron chi connectivity index (χ3n) is 5.18. The molecule has 0 aliphatic carbocycles. The molecule has 2 aromatic carbocycles. The van der Waals surface area contributed by atoms with Crippen molar-refractivity contribution in [1.29, 1.82) is 0 Å². The zero-order valence-corrected chi connectivity index (χ0v) is 18.6. The van der Waals surface area contributed by atoms with Crippen molar-refractivity contribution < 1.29 is 24.2 Å². The lowest BCUT2D eigenvalue weighted by Crippen LogP contribution is -2.35. The maximum Gasteiger partial charge on any atom is 0.295 e. The number of carbonyl (C=O) groups is 2. The van der Waals surface area contributed by atoms with Crippen molar-refractivity contribution in [3.63, 3.8) is 0 Å². The molecule has 1 aliphatic rings. The van der Waals surface area contributed by atoms with E-state index in [0.29, 0.717) is 35.7 Å². The monoisotopic (exact) mass is 444 g/mol. The van der Waals surface area contributed by atoms with Crippen molar-refractivity contribution in [3.8, 4) is 11.5 Å². The summed E-state index contributed by atoms with van der Waals surface area (Å²) >= 11 is 6.20. The number of ether oxygens (including phenoxy) is 2. The first kappa shape index (κ1) is 22.7. The summed E-state index contributed by atoms with van der Waals surface area (Å²) in [5.74, 6) is -0.573. The van der Waals surface area contributed by atoms with Gasteiger partial charge in [-0.1, -0.05) is 23.7 Å². The van der Waals surface area contributed by atoms with Crippen molar-refractivity contribution in [2.24, 2.45) is 0 Å². The lowest BCUT2D eigenvalue weighted by atomic mass is 9.95. The second kappa shape index (κ2) is 9.41. The topological polar surface area (TPSA) is 79.3 Å². The molecule has 0 unspecified atom stereocenters. The van der Waals surface area contributed by atoms with Crippen LogP contribution in [0.5, 0.6) is 11.5 Å². The predicted octanol–water partition coefficient (Wildman–Crippen LogP) is 3.34. The zero-order valence-electron chi connectivity index (χ0n) is 17.9. The zero-order chi connectivity index (χ0) is 22.7. The molecule has 2 aromatic rings. The van der Waals surface area contributed by atoms with Gasteiger partial charge in [-0.3, -0.25) is 9.59 Å². The summed E-state index contributed by atoms with van der Waals surface area (Å²) in [6.45, 7) is 0.891. The van der Waals surface area contributed by atoms with Gasteiger partial charge in [0.25, 0.3) is 11.7 Å². The Hall–Kier alpha value is -3.03. The third kappa shape index (κ3) is 4.52. The van der Waals surface area contributed by atoms with Crippen LogP contribution in [0.1, 0.15) is 17.2 Å². The molecule has 0 bridgehead atoms. The Bertz CT molecular complexity index is 1020. The van der Waals surface area contributed by atoms with Gasteiger partial charge in [0.05, 0.1) is 30.9 Å². The van der Waals surface area contributed by atoms with Crippen molar-refractivity contribution in [2.45, 2.75) is 6.04 Å². The Kier molecular flexibility index (Phi) is 6.87. The molecule has 0 spiro atoms. The quantitative estimate of drug-likeness (QED) is 0.401. The predicted molar refractivity (Wildman–Crippen MR) is 119 cm³/mol. The average molecular weight is 445 g/mol. The fourth-order valence-corrected chi connectivity index (χ4v) is 3.78. The number of ketones is 1. The van der Waals surface area contributed by atoms with Crippen molar-refractivity contribution >= 4 is 29.1 Å². The molecule has 0 aromatic heterocycles. The smallest absolute Gasteiger partial charge is 0.295 e. The molecule has 1 fully saturated rings. The van der Waals surface area contributed by atoms with Gasteiger partial charge >= 0.3 is 0 Å². The number of nitrogens with zero attached hydrogens (tertiary/aromatic N) is 2. The number of hydrogen-bond acceptors (Lipinski definition) is 6. The second-order valence-electron chi connectivity index (χ2n) is 7.42. The molecule has 1 aliphatic heterocycles. The number of aliphatic hydroxyl groups is 1. The minimum Gasteiger partial charge on any atom is -0.507 e. The van der Waals surface area contributed by atoms with Crippen LogP contribution in [-0.4, -0.2) is 68.0 Å². The summed E-state index contributed by atoms with van der Waals surface area (Å²) in [6, 6.07) is 11.1. The van der Waals surface area contributed by atoms with E-state index in [9.17, 15) is 14.7 Å². The van der Waals surface area contributed by atoms with Crippen molar-refractivity contribution in [1.82, 2.24) is 9.80 Å². The van der Waals surface area contributed by atoms with Gasteiger partial charge in [-0.05, 0) is 50.0 Å². The number of methoxy groups -OCH3 is 2. The van der Waals surface area contributed by atoms with E-state index in [-0.39, 0.29) is 16.4 Å². The summed E-state index contributed by atoms with van der Waals surface area (Å²) < 4.78 is 10.4. The molecule has 1 heterocycles. The number of benzene rings is 2. The van der Waals surface area contributed by atoms with E-state index < -0.39 is 17.7 Å². The van der Waals surface area contributed by atoms with Gasteiger partial charge in [0, 0.05) is 18.7 Å². The highest BCUT2D eigenvalue weighted by Crippen LogP contribution is 2.40. The Morgan fingerprint density at radius 1 is 1.10 bits per heavy atom. The number of amides is 1. The molecule has 1 amide bonds. The van der Waals surface area contributed by atoms with Crippen molar-refractivity contribution in [2.75, 3.05) is 41.4 Å². The van der Waals surface area contributed by atoms with Crippen LogP contribution in [0.25, 0.3) is 5.76 Å².